The van der Waals surface area contributed by atoms with E-state index in [1.807, 2.05) is 4.90 Å². The predicted octanol–water partition coefficient (Wildman–Crippen LogP) is 1.95. The summed E-state index contributed by atoms with van der Waals surface area (Å²) < 4.78 is 24.3. The van der Waals surface area contributed by atoms with Crippen LogP contribution >= 0.6 is 0 Å². The van der Waals surface area contributed by atoms with Crippen molar-refractivity contribution in [2.24, 2.45) is 5.92 Å². The minimum absolute atomic E-state index is 0.0128. The van der Waals surface area contributed by atoms with Crippen LogP contribution < -0.4 is 4.90 Å². The Hall–Kier alpha value is -1.70. The second kappa shape index (κ2) is 9.20. The second-order valence-electron chi connectivity index (χ2n) is 7.88. The smallest absolute Gasteiger partial charge is 0.223 e. The van der Waals surface area contributed by atoms with Crippen LogP contribution in [0.25, 0.3) is 0 Å². The van der Waals surface area contributed by atoms with Gasteiger partial charge in [0.15, 0.2) is 6.29 Å². The van der Waals surface area contributed by atoms with Gasteiger partial charge in [0, 0.05) is 50.7 Å². The number of ether oxygens (including phenoxy) is 2. The number of rotatable bonds is 5. The molecular formula is C21H30FN3O3. The van der Waals surface area contributed by atoms with Crippen molar-refractivity contribution in [3.63, 3.8) is 0 Å². The standard InChI is InChI=1S/C21H30FN3O3/c22-18-1-3-19(4-2-18)24-11-13-25(14-12-24)20(26)7-10-23-8-5-17(6-9-23)21-27-15-16-28-21/h1-4,17,21H,5-16H2. The van der Waals surface area contributed by atoms with Crippen molar-refractivity contribution >= 4 is 11.6 Å². The third-order valence-corrected chi connectivity index (χ3v) is 6.13. The lowest BCUT2D eigenvalue weighted by Gasteiger charge is -2.37. The van der Waals surface area contributed by atoms with Crippen molar-refractivity contribution in [1.82, 2.24) is 9.80 Å². The molecule has 6 nitrogen and oxygen atoms in total. The summed E-state index contributed by atoms with van der Waals surface area (Å²) in [5.74, 6) is 0.516. The number of nitrogens with zero attached hydrogens (tertiary/aromatic N) is 3. The van der Waals surface area contributed by atoms with Crippen molar-refractivity contribution < 1.29 is 18.7 Å². The monoisotopic (exact) mass is 391 g/mol. The SMILES string of the molecule is O=C(CCN1CCC(C2OCCO2)CC1)N1CCN(c2ccc(F)cc2)CC1. The Labute approximate surface area is 166 Å². The van der Waals surface area contributed by atoms with E-state index < -0.39 is 0 Å². The average Bonchev–Trinajstić information content (AvgIpc) is 3.28. The van der Waals surface area contributed by atoms with Gasteiger partial charge in [-0.3, -0.25) is 4.79 Å². The maximum atomic E-state index is 13.1. The third kappa shape index (κ3) is 4.82. The molecule has 0 radical (unpaired) electrons. The number of likely N-dealkylation sites (tertiary alicyclic amines) is 1. The molecule has 0 atom stereocenters. The van der Waals surface area contributed by atoms with Crippen LogP contribution in [0.5, 0.6) is 0 Å². The van der Waals surface area contributed by atoms with Crippen molar-refractivity contribution in [2.75, 3.05) is 63.9 Å². The van der Waals surface area contributed by atoms with Gasteiger partial charge in [0.2, 0.25) is 5.91 Å². The molecule has 0 N–H and O–H groups in total. The zero-order chi connectivity index (χ0) is 19.3. The molecule has 3 heterocycles. The average molecular weight is 391 g/mol. The first-order valence-electron chi connectivity index (χ1n) is 10.4. The van der Waals surface area contributed by atoms with Gasteiger partial charge in [-0.1, -0.05) is 0 Å². The molecule has 3 aliphatic rings. The lowest BCUT2D eigenvalue weighted by Crippen LogP contribution is -2.49. The fourth-order valence-electron chi connectivity index (χ4n) is 4.38. The maximum Gasteiger partial charge on any atom is 0.223 e. The van der Waals surface area contributed by atoms with E-state index in [1.54, 1.807) is 12.1 Å². The molecule has 0 spiro atoms. The van der Waals surface area contributed by atoms with Crippen LogP contribution in [0.4, 0.5) is 10.1 Å². The van der Waals surface area contributed by atoms with Gasteiger partial charge in [-0.25, -0.2) is 4.39 Å². The summed E-state index contributed by atoms with van der Waals surface area (Å²) in [4.78, 5) is 19.2. The van der Waals surface area contributed by atoms with Crippen molar-refractivity contribution in [1.29, 1.82) is 0 Å². The largest absolute Gasteiger partial charge is 0.368 e. The third-order valence-electron chi connectivity index (χ3n) is 6.13. The quantitative estimate of drug-likeness (QED) is 0.768. The van der Waals surface area contributed by atoms with Crippen LogP contribution in [0.3, 0.4) is 0 Å². The van der Waals surface area contributed by atoms with Gasteiger partial charge < -0.3 is 24.2 Å². The van der Waals surface area contributed by atoms with E-state index in [1.165, 1.54) is 12.1 Å². The highest BCUT2D eigenvalue weighted by Gasteiger charge is 2.30. The summed E-state index contributed by atoms with van der Waals surface area (Å²) in [5, 5.41) is 0. The lowest BCUT2D eigenvalue weighted by atomic mass is 9.96. The van der Waals surface area contributed by atoms with Gasteiger partial charge in [-0.05, 0) is 50.2 Å². The Kier molecular flexibility index (Phi) is 6.44. The highest BCUT2D eigenvalue weighted by atomic mass is 19.1. The van der Waals surface area contributed by atoms with Crippen LogP contribution in [-0.2, 0) is 14.3 Å². The first-order chi connectivity index (χ1) is 13.7. The van der Waals surface area contributed by atoms with Gasteiger partial charge in [0.05, 0.1) is 13.2 Å². The van der Waals surface area contributed by atoms with E-state index >= 15 is 0 Å². The van der Waals surface area contributed by atoms with Crippen LogP contribution in [0.2, 0.25) is 0 Å². The number of piperidine rings is 1. The topological polar surface area (TPSA) is 45.3 Å². The van der Waals surface area contributed by atoms with Gasteiger partial charge in [-0.15, -0.1) is 0 Å². The molecule has 0 saturated carbocycles. The number of hydrogen-bond acceptors (Lipinski definition) is 5. The Bertz CT molecular complexity index is 635. The zero-order valence-corrected chi connectivity index (χ0v) is 16.4. The van der Waals surface area contributed by atoms with Crippen LogP contribution in [0, 0.1) is 11.7 Å². The first kappa shape index (κ1) is 19.6. The maximum absolute atomic E-state index is 13.1. The zero-order valence-electron chi connectivity index (χ0n) is 16.4. The Balaban J connectivity index is 1.15. The molecule has 28 heavy (non-hydrogen) atoms. The number of carbonyl (C=O) groups is 1. The molecule has 0 aliphatic carbocycles. The molecule has 1 amide bonds. The molecule has 3 aliphatic heterocycles. The summed E-state index contributed by atoms with van der Waals surface area (Å²) in [5.41, 5.74) is 1.02. The number of halogens is 1. The number of carbonyl (C=O) groups excluding carboxylic acids is 1. The summed E-state index contributed by atoms with van der Waals surface area (Å²) in [7, 11) is 0. The van der Waals surface area contributed by atoms with E-state index in [9.17, 15) is 9.18 Å². The Morgan fingerprint density at radius 3 is 2.25 bits per heavy atom. The molecular weight excluding hydrogens is 361 g/mol. The highest BCUT2D eigenvalue weighted by molar-refractivity contribution is 5.76. The number of benzene rings is 1. The lowest BCUT2D eigenvalue weighted by molar-refractivity contribution is -0.132. The van der Waals surface area contributed by atoms with Crippen molar-refractivity contribution in [3.8, 4) is 0 Å². The van der Waals surface area contributed by atoms with Gasteiger partial charge in [-0.2, -0.15) is 0 Å². The molecule has 154 valence electrons. The molecule has 0 bridgehead atoms. The minimum atomic E-state index is -0.218. The van der Waals surface area contributed by atoms with Gasteiger partial charge >= 0.3 is 0 Å². The van der Waals surface area contributed by atoms with Crippen molar-refractivity contribution in [2.45, 2.75) is 25.6 Å². The Morgan fingerprint density at radius 1 is 0.964 bits per heavy atom. The second-order valence-corrected chi connectivity index (χ2v) is 7.88. The fourth-order valence-corrected chi connectivity index (χ4v) is 4.38. The van der Waals surface area contributed by atoms with Crippen LogP contribution in [0.1, 0.15) is 19.3 Å². The minimum Gasteiger partial charge on any atom is -0.368 e. The summed E-state index contributed by atoms with van der Waals surface area (Å²) in [6.45, 7) is 7.34. The van der Waals surface area contributed by atoms with E-state index in [0.717, 1.165) is 64.3 Å². The van der Waals surface area contributed by atoms with Crippen LogP contribution in [0.15, 0.2) is 24.3 Å². The number of piperazine rings is 1. The fraction of sp³-hybridized carbons (Fsp3) is 0.667. The van der Waals surface area contributed by atoms with E-state index in [2.05, 4.69) is 9.80 Å². The Morgan fingerprint density at radius 2 is 1.61 bits per heavy atom. The summed E-state index contributed by atoms with van der Waals surface area (Å²) >= 11 is 0. The molecule has 1 aromatic rings. The molecule has 3 saturated heterocycles. The van der Waals surface area contributed by atoms with Crippen molar-refractivity contribution in [3.05, 3.63) is 30.1 Å². The highest BCUT2D eigenvalue weighted by Crippen LogP contribution is 2.26. The van der Waals surface area contributed by atoms with Crippen LogP contribution in [-0.4, -0.2) is 81.0 Å². The molecule has 0 unspecified atom stereocenters. The molecule has 7 heteroatoms. The van der Waals surface area contributed by atoms with Gasteiger partial charge in [0.25, 0.3) is 0 Å². The summed E-state index contributed by atoms with van der Waals surface area (Å²) in [6, 6.07) is 6.58. The first-order valence-corrected chi connectivity index (χ1v) is 10.4. The molecule has 4 rings (SSSR count). The summed E-state index contributed by atoms with van der Waals surface area (Å²) in [6.07, 6.45) is 2.73. The van der Waals surface area contributed by atoms with E-state index in [0.29, 0.717) is 25.6 Å². The van der Waals surface area contributed by atoms with Gasteiger partial charge in [0.1, 0.15) is 5.82 Å². The molecule has 0 aromatic heterocycles. The molecule has 1 aromatic carbocycles. The molecule has 3 fully saturated rings. The number of anilines is 1. The normalized spacial score (nSPS) is 22.8. The van der Waals surface area contributed by atoms with E-state index in [-0.39, 0.29) is 18.0 Å². The van der Waals surface area contributed by atoms with E-state index in [4.69, 9.17) is 9.47 Å². The number of hydrogen-bond donors (Lipinski definition) is 0. The predicted molar refractivity (Wildman–Crippen MR) is 105 cm³/mol. The number of amides is 1.